The number of carboxylic acid groups (broad SMARTS) is 1. The third-order valence-corrected chi connectivity index (χ3v) is 18.3. The number of fused-ring (bicyclic) bond motifs is 6. The van der Waals surface area contributed by atoms with Crippen molar-refractivity contribution in [2.24, 2.45) is 44.3 Å². The molecular weight excluding hydrogens is 821 g/mol. The first-order valence-electron chi connectivity index (χ1n) is 23.2. The van der Waals surface area contributed by atoms with Crippen LogP contribution in [0.1, 0.15) is 114 Å². The van der Waals surface area contributed by atoms with Gasteiger partial charge in [-0.25, -0.2) is 4.79 Å². The molecule has 0 aromatic heterocycles. The zero-order valence-corrected chi connectivity index (χ0v) is 38.3. The number of rotatable bonds is 7. The Morgan fingerprint density at radius 3 is 2.06 bits per heavy atom. The number of ether oxygens (including phenoxy) is 6. The predicted octanol–water partition coefficient (Wildman–Crippen LogP) is 2.29. The minimum atomic E-state index is -1.99. The van der Waals surface area contributed by atoms with Crippen LogP contribution in [0.3, 0.4) is 0 Å². The van der Waals surface area contributed by atoms with Crippen molar-refractivity contribution in [3.63, 3.8) is 0 Å². The lowest BCUT2D eigenvalue weighted by Gasteiger charge is -2.70. The molecule has 8 aliphatic rings. The topological polar surface area (TPSA) is 255 Å². The molecule has 8 rings (SSSR count). The van der Waals surface area contributed by atoms with Gasteiger partial charge in [0.15, 0.2) is 25.0 Å². The van der Waals surface area contributed by atoms with Crippen LogP contribution in [0.5, 0.6) is 0 Å². The van der Waals surface area contributed by atoms with Gasteiger partial charge in [-0.3, -0.25) is 0 Å². The van der Waals surface area contributed by atoms with Crippen LogP contribution in [0.2, 0.25) is 0 Å². The Morgan fingerprint density at radius 2 is 1.38 bits per heavy atom. The van der Waals surface area contributed by atoms with E-state index < -0.39 is 110 Å². The Labute approximate surface area is 370 Å². The fourth-order valence-electron chi connectivity index (χ4n) is 14.2. The van der Waals surface area contributed by atoms with Gasteiger partial charge < -0.3 is 74.4 Å². The first-order chi connectivity index (χ1) is 29.2. The molecule has 0 spiro atoms. The van der Waals surface area contributed by atoms with Gasteiger partial charge in [0.1, 0.15) is 54.9 Å². The van der Waals surface area contributed by atoms with E-state index in [4.69, 9.17) is 28.4 Å². The highest BCUT2D eigenvalue weighted by Crippen LogP contribution is 2.74. The van der Waals surface area contributed by atoms with Crippen molar-refractivity contribution in [3.8, 4) is 0 Å². The van der Waals surface area contributed by atoms with Crippen LogP contribution in [-0.4, -0.2) is 157 Å². The highest BCUT2D eigenvalue weighted by molar-refractivity contribution is 5.73. The molecule has 358 valence electrons. The number of aliphatic hydroxyl groups excluding tert-OH is 8. The Bertz CT molecular complexity index is 1800. The quantitative estimate of drug-likeness (QED) is 0.166. The maximum Gasteiger partial charge on any atom is 0.335 e. The molecule has 0 aromatic carbocycles. The fourth-order valence-corrected chi connectivity index (χ4v) is 14.2. The maximum absolute atomic E-state index is 12.7. The van der Waals surface area contributed by atoms with Crippen LogP contribution in [0.15, 0.2) is 23.3 Å². The van der Waals surface area contributed by atoms with Gasteiger partial charge in [0, 0.05) is 5.41 Å². The smallest absolute Gasteiger partial charge is 0.335 e. The van der Waals surface area contributed by atoms with Crippen molar-refractivity contribution < 1.29 is 79.2 Å². The summed E-state index contributed by atoms with van der Waals surface area (Å²) in [5, 5.41) is 97.1. The molecule has 16 heteroatoms. The molecule has 0 bridgehead atoms. The Hall–Kier alpha value is -1.61. The summed E-state index contributed by atoms with van der Waals surface area (Å²) in [7, 11) is 0. The van der Waals surface area contributed by atoms with Gasteiger partial charge in [-0.1, -0.05) is 73.1 Å². The zero-order valence-electron chi connectivity index (χ0n) is 38.3. The van der Waals surface area contributed by atoms with E-state index in [9.17, 15) is 50.8 Å². The van der Waals surface area contributed by atoms with Crippen LogP contribution in [0.25, 0.3) is 0 Å². The van der Waals surface area contributed by atoms with E-state index in [1.165, 1.54) is 18.1 Å². The van der Waals surface area contributed by atoms with Crippen molar-refractivity contribution in [3.05, 3.63) is 23.3 Å². The summed E-state index contributed by atoms with van der Waals surface area (Å²) >= 11 is 0. The standard InChI is InChI=1S/C47H74O16/c1-21-29(50)31(52)33(54)40(59-21)61-35-34(55)36(38(56)57)62-41(37(35)63-39-32(53)30(51)24(48)20-58-39)60-28-13-14-45(7)25(43(28,4)5)12-15-47(9)26(45)11-10-22-23-18-42(2,3)19-27(49)44(23,6)16-17-46(22,47)8/h10-11,21,24-37,39-41,48-55H,12-20H2,1-9H3,(H,56,57)/t21-,24-,25-,26-,27+,28-,29-,30+,31-,32+,33-,34-,35-,36-,37+,39+,40+,41+,44-,45+,46+,47-/m1/s1. The largest absolute Gasteiger partial charge is 0.479 e. The van der Waals surface area contributed by atoms with Gasteiger partial charge in [-0.05, 0) is 103 Å². The van der Waals surface area contributed by atoms with Gasteiger partial charge >= 0.3 is 5.97 Å². The van der Waals surface area contributed by atoms with Crippen LogP contribution in [0, 0.1) is 44.3 Å². The molecule has 0 unspecified atom stereocenters. The van der Waals surface area contributed by atoms with E-state index in [0.717, 1.165) is 44.9 Å². The summed E-state index contributed by atoms with van der Waals surface area (Å²) in [6.07, 6.45) is -12.4. The number of hydrogen-bond acceptors (Lipinski definition) is 15. The van der Waals surface area contributed by atoms with Crippen molar-refractivity contribution in [1.82, 2.24) is 0 Å². The third-order valence-electron chi connectivity index (χ3n) is 18.3. The lowest BCUT2D eigenvalue weighted by atomic mass is 9.35. The Balaban J connectivity index is 1.11. The highest BCUT2D eigenvalue weighted by atomic mass is 16.8. The summed E-state index contributed by atoms with van der Waals surface area (Å²) < 4.78 is 36.6. The molecule has 3 saturated carbocycles. The van der Waals surface area contributed by atoms with Crippen LogP contribution in [-0.2, 0) is 33.2 Å². The van der Waals surface area contributed by atoms with Gasteiger partial charge in [0.25, 0.3) is 0 Å². The summed E-state index contributed by atoms with van der Waals surface area (Å²) in [5.74, 6) is -1.20. The summed E-state index contributed by atoms with van der Waals surface area (Å²) in [6, 6.07) is 0. The SMILES string of the molecule is C[C@H]1O[C@@H](O[C@@H]2[C@@H](O)[C@H](C(=O)O)O[C@H](O[C@@H]3CC[C@@]4(C)[C@H](CC[C@]5(C)[C@@H]4C=CC4=C6CC(C)(C)C[C@H](O)[C@]6(C)CC[C@@]45C)C3(C)C)[C@H]2O[C@@H]2OC[C@@H](O)[C@H](O)[C@@H]2O)[C@H](O)[C@H](O)[C@@H]1O. The molecule has 0 radical (unpaired) electrons. The van der Waals surface area contributed by atoms with Gasteiger partial charge in [0.05, 0.1) is 24.9 Å². The molecule has 3 saturated heterocycles. The first kappa shape index (κ1) is 47.9. The van der Waals surface area contributed by atoms with Crippen LogP contribution < -0.4 is 0 Å². The van der Waals surface area contributed by atoms with E-state index in [2.05, 4.69) is 67.5 Å². The molecule has 63 heavy (non-hydrogen) atoms. The zero-order chi connectivity index (χ0) is 46.1. The molecule has 6 fully saturated rings. The van der Waals surface area contributed by atoms with Crippen molar-refractivity contribution in [2.45, 2.75) is 212 Å². The second-order valence-electron chi connectivity index (χ2n) is 22.9. The van der Waals surface area contributed by atoms with Gasteiger partial charge in [-0.15, -0.1) is 0 Å². The third kappa shape index (κ3) is 7.44. The monoisotopic (exact) mass is 894 g/mol. The number of carbonyl (C=O) groups is 1. The number of aliphatic hydroxyl groups is 8. The van der Waals surface area contributed by atoms with Crippen LogP contribution >= 0.6 is 0 Å². The minimum Gasteiger partial charge on any atom is -0.479 e. The van der Waals surface area contributed by atoms with Crippen molar-refractivity contribution in [1.29, 1.82) is 0 Å². The average molecular weight is 895 g/mol. The molecule has 3 heterocycles. The molecule has 5 aliphatic carbocycles. The highest BCUT2D eigenvalue weighted by Gasteiger charge is 2.68. The van der Waals surface area contributed by atoms with Crippen molar-refractivity contribution >= 4 is 5.97 Å². The predicted molar refractivity (Wildman–Crippen MR) is 223 cm³/mol. The second kappa shape index (κ2) is 16.3. The normalized spacial score (nSPS) is 54.0. The molecular formula is C47H74O16. The van der Waals surface area contributed by atoms with Gasteiger partial charge in [0.2, 0.25) is 0 Å². The molecule has 0 amide bonds. The average Bonchev–Trinajstić information content (AvgIpc) is 3.20. The van der Waals surface area contributed by atoms with E-state index in [1.807, 2.05) is 0 Å². The van der Waals surface area contributed by atoms with E-state index in [-0.39, 0.29) is 45.0 Å². The van der Waals surface area contributed by atoms with Crippen molar-refractivity contribution in [2.75, 3.05) is 6.61 Å². The van der Waals surface area contributed by atoms with Gasteiger partial charge in [-0.2, -0.15) is 0 Å². The molecule has 3 aliphatic heterocycles. The summed E-state index contributed by atoms with van der Waals surface area (Å²) in [4.78, 5) is 12.7. The summed E-state index contributed by atoms with van der Waals surface area (Å²) in [6.45, 7) is 19.5. The number of aliphatic carboxylic acids is 1. The maximum atomic E-state index is 12.7. The number of hydrogen-bond donors (Lipinski definition) is 9. The molecule has 0 aromatic rings. The summed E-state index contributed by atoms with van der Waals surface area (Å²) in [5.41, 5.74) is 1.71. The van der Waals surface area contributed by atoms with E-state index in [1.54, 1.807) is 0 Å². The Kier molecular flexibility index (Phi) is 12.4. The lowest BCUT2D eigenvalue weighted by Crippen LogP contribution is -2.68. The fraction of sp³-hybridized carbons (Fsp3) is 0.894. The number of carboxylic acids is 1. The first-order valence-corrected chi connectivity index (χ1v) is 23.2. The second-order valence-corrected chi connectivity index (χ2v) is 22.9. The Morgan fingerprint density at radius 1 is 0.714 bits per heavy atom. The molecule has 16 nitrogen and oxygen atoms in total. The number of allylic oxidation sites excluding steroid dienone is 3. The minimum absolute atomic E-state index is 0.000476. The lowest BCUT2D eigenvalue weighted by molar-refractivity contribution is -0.390. The van der Waals surface area contributed by atoms with Crippen LogP contribution in [0.4, 0.5) is 0 Å². The molecule has 9 N–H and O–H groups in total. The van der Waals surface area contributed by atoms with E-state index in [0.29, 0.717) is 6.42 Å². The van der Waals surface area contributed by atoms with E-state index >= 15 is 0 Å². The molecule has 22 atom stereocenters.